The van der Waals surface area contributed by atoms with E-state index in [0.29, 0.717) is 20.1 Å². The molecule has 1 aromatic carbocycles. The van der Waals surface area contributed by atoms with E-state index in [1.54, 1.807) is 12.1 Å². The Hall–Kier alpha value is 0.240. The molecule has 0 aromatic heterocycles. The Labute approximate surface area is 99.1 Å². The summed E-state index contributed by atoms with van der Waals surface area (Å²) in [4.78, 5) is 11.2. The van der Waals surface area contributed by atoms with Crippen LogP contribution in [-0.2, 0) is 0 Å². The predicted molar refractivity (Wildman–Crippen MR) is 59.2 cm³/mol. The number of hydrogen-bond donors (Lipinski definition) is 0. The van der Waals surface area contributed by atoms with Crippen molar-refractivity contribution >= 4 is 56.5 Å². The molecule has 0 spiro atoms. The lowest BCUT2D eigenvalue weighted by molar-refractivity contribution is 0.102. The molecule has 1 nitrogen and oxygen atoms in total. The smallest absolute Gasteiger partial charge is 0.179 e. The highest BCUT2D eigenvalue weighted by Gasteiger charge is 2.13. The average Bonchev–Trinajstić information content (AvgIpc) is 2.13. The van der Waals surface area contributed by atoms with Crippen LogP contribution in [0.2, 0.25) is 10.0 Å². The number of alkyl halides is 1. The van der Waals surface area contributed by atoms with Crippen LogP contribution in [-0.4, -0.2) is 11.7 Å². The predicted octanol–water partition coefficient (Wildman–Crippen LogP) is 4.18. The summed E-state index contributed by atoms with van der Waals surface area (Å²) >= 11 is 20.2. The zero-order valence-electron chi connectivity index (χ0n) is 6.28. The molecule has 0 unspecified atom stereocenters. The van der Waals surface area contributed by atoms with Gasteiger partial charge in [0.2, 0.25) is 0 Å². The molecule has 0 fully saturated rings. The number of rotatable bonds is 2. The number of halogens is 4. The topological polar surface area (TPSA) is 17.1 Å². The third kappa shape index (κ3) is 2.38. The summed E-state index contributed by atoms with van der Waals surface area (Å²) in [7, 11) is 0. The van der Waals surface area contributed by atoms with Crippen LogP contribution in [0.25, 0.3) is 0 Å². The van der Waals surface area contributed by atoms with Gasteiger partial charge in [-0.3, -0.25) is 4.79 Å². The van der Waals surface area contributed by atoms with Crippen LogP contribution in [0.4, 0.5) is 0 Å². The lowest BCUT2D eigenvalue weighted by Gasteiger charge is -2.04. The fourth-order valence-electron chi connectivity index (χ4n) is 0.813. The van der Waals surface area contributed by atoms with Crippen LogP contribution in [0.3, 0.4) is 0 Å². The summed E-state index contributed by atoms with van der Waals surface area (Å²) in [5.74, 6) is -0.308. The molecular weight excluding hydrogens is 298 g/mol. The fourth-order valence-corrected chi connectivity index (χ4v) is 1.78. The second-order valence-electron chi connectivity index (χ2n) is 2.28. The van der Waals surface area contributed by atoms with Gasteiger partial charge in [0.1, 0.15) is 0 Å². The van der Waals surface area contributed by atoms with Crippen molar-refractivity contribution in [2.75, 3.05) is 5.88 Å². The van der Waals surface area contributed by atoms with Crippen molar-refractivity contribution in [2.24, 2.45) is 0 Å². The highest BCUT2D eigenvalue weighted by Crippen LogP contribution is 2.33. The number of carbonyl (C=O) groups is 1. The Bertz CT molecular complexity index is 351. The van der Waals surface area contributed by atoms with Crippen LogP contribution in [0.15, 0.2) is 16.6 Å². The highest BCUT2D eigenvalue weighted by atomic mass is 79.9. The number of hydrogen-bond acceptors (Lipinski definition) is 1. The van der Waals surface area contributed by atoms with Crippen molar-refractivity contribution < 1.29 is 4.79 Å². The van der Waals surface area contributed by atoms with Gasteiger partial charge in [-0.15, -0.1) is 11.6 Å². The first-order valence-electron chi connectivity index (χ1n) is 3.30. The van der Waals surface area contributed by atoms with E-state index in [2.05, 4.69) is 15.9 Å². The molecule has 5 heteroatoms. The van der Waals surface area contributed by atoms with Gasteiger partial charge >= 0.3 is 0 Å². The molecule has 70 valence electrons. The fraction of sp³-hybridized carbons (Fsp3) is 0.125. The molecule has 1 rings (SSSR count). The van der Waals surface area contributed by atoms with Crippen molar-refractivity contribution in [3.8, 4) is 0 Å². The first-order chi connectivity index (χ1) is 6.07. The molecule has 1 aromatic rings. The first kappa shape index (κ1) is 11.3. The Morgan fingerprint density at radius 2 is 2.00 bits per heavy atom. The Morgan fingerprint density at radius 3 is 2.54 bits per heavy atom. The molecule has 0 bridgehead atoms. The molecule has 0 heterocycles. The number of Topliss-reactive ketones (excluding diaryl/α,β-unsaturated/α-hetero) is 1. The second kappa shape index (κ2) is 4.65. The van der Waals surface area contributed by atoms with Crippen molar-refractivity contribution in [3.05, 3.63) is 32.2 Å². The van der Waals surface area contributed by atoms with Gasteiger partial charge in [-0.1, -0.05) is 23.2 Å². The zero-order valence-corrected chi connectivity index (χ0v) is 10.1. The van der Waals surface area contributed by atoms with Crippen LogP contribution >= 0.6 is 50.7 Å². The maximum atomic E-state index is 11.2. The Morgan fingerprint density at radius 1 is 1.38 bits per heavy atom. The van der Waals surface area contributed by atoms with Crippen molar-refractivity contribution in [2.45, 2.75) is 0 Å². The summed E-state index contributed by atoms with van der Waals surface area (Å²) in [5.41, 5.74) is 0.382. The molecular formula is C8H4BrCl3O. The van der Waals surface area contributed by atoms with Gasteiger partial charge in [-0.2, -0.15) is 0 Å². The number of ketones is 1. The number of benzene rings is 1. The SMILES string of the molecule is O=C(CCl)c1ccc(Cl)c(Br)c1Cl. The van der Waals surface area contributed by atoms with Crippen molar-refractivity contribution in [1.29, 1.82) is 0 Å². The molecule has 0 saturated carbocycles. The van der Waals surface area contributed by atoms with E-state index in [9.17, 15) is 4.79 Å². The first-order valence-corrected chi connectivity index (χ1v) is 5.39. The quantitative estimate of drug-likeness (QED) is 0.455. The van der Waals surface area contributed by atoms with Crippen molar-refractivity contribution in [3.63, 3.8) is 0 Å². The van der Waals surface area contributed by atoms with Gasteiger partial charge in [0.15, 0.2) is 5.78 Å². The minimum atomic E-state index is -0.218. The van der Waals surface area contributed by atoms with Crippen LogP contribution in [0.1, 0.15) is 10.4 Å². The second-order valence-corrected chi connectivity index (χ2v) is 4.13. The molecule has 0 aliphatic heterocycles. The van der Waals surface area contributed by atoms with Gasteiger partial charge in [-0.05, 0) is 28.1 Å². The molecule has 13 heavy (non-hydrogen) atoms. The molecule has 0 amide bonds. The van der Waals surface area contributed by atoms with Crippen molar-refractivity contribution in [1.82, 2.24) is 0 Å². The summed E-state index contributed by atoms with van der Waals surface area (Å²) < 4.78 is 0.520. The molecule has 0 radical (unpaired) electrons. The van der Waals surface area contributed by atoms with E-state index in [1.165, 1.54) is 0 Å². The van der Waals surface area contributed by atoms with E-state index in [4.69, 9.17) is 34.8 Å². The Kier molecular flexibility index (Phi) is 4.05. The van der Waals surface area contributed by atoms with E-state index in [0.717, 1.165) is 0 Å². The minimum Gasteiger partial charge on any atom is -0.293 e. The van der Waals surface area contributed by atoms with Crippen LogP contribution in [0, 0.1) is 0 Å². The maximum absolute atomic E-state index is 11.2. The lowest BCUT2D eigenvalue weighted by atomic mass is 10.1. The van der Waals surface area contributed by atoms with Crippen LogP contribution < -0.4 is 0 Å². The average molecular weight is 302 g/mol. The summed E-state index contributed by atoms with van der Waals surface area (Å²) in [5, 5.41) is 0.772. The third-order valence-electron chi connectivity index (χ3n) is 1.46. The van der Waals surface area contributed by atoms with Gasteiger partial charge < -0.3 is 0 Å². The minimum absolute atomic E-state index is 0.0895. The van der Waals surface area contributed by atoms with E-state index < -0.39 is 0 Å². The standard InChI is InChI=1S/C8H4BrCl3O/c9-7-5(11)2-1-4(8(7)12)6(13)3-10/h1-2H,3H2. The maximum Gasteiger partial charge on any atom is 0.179 e. The normalized spacial score (nSPS) is 10.2. The van der Waals surface area contributed by atoms with Gasteiger partial charge in [-0.25, -0.2) is 0 Å². The van der Waals surface area contributed by atoms with Gasteiger partial charge in [0, 0.05) is 5.56 Å². The zero-order chi connectivity index (χ0) is 10.0. The molecule has 0 aliphatic carbocycles. The summed E-state index contributed by atoms with van der Waals surface area (Å²) in [6.45, 7) is 0. The van der Waals surface area contributed by atoms with E-state index in [-0.39, 0.29) is 11.7 Å². The third-order valence-corrected chi connectivity index (χ3v) is 3.69. The summed E-state index contributed by atoms with van der Waals surface area (Å²) in [6, 6.07) is 3.15. The van der Waals surface area contributed by atoms with Gasteiger partial charge in [0.05, 0.1) is 20.4 Å². The largest absolute Gasteiger partial charge is 0.293 e. The van der Waals surface area contributed by atoms with E-state index >= 15 is 0 Å². The summed E-state index contributed by atoms with van der Waals surface area (Å²) in [6.07, 6.45) is 0. The van der Waals surface area contributed by atoms with Crippen LogP contribution in [0.5, 0.6) is 0 Å². The Balaban J connectivity index is 3.26. The molecule has 0 atom stereocenters. The number of carbonyl (C=O) groups excluding carboxylic acids is 1. The monoisotopic (exact) mass is 300 g/mol. The van der Waals surface area contributed by atoms with Gasteiger partial charge in [0.25, 0.3) is 0 Å². The molecule has 0 aliphatic rings. The lowest BCUT2D eigenvalue weighted by Crippen LogP contribution is -2.01. The molecule has 0 N–H and O–H groups in total. The van der Waals surface area contributed by atoms with E-state index in [1.807, 2.05) is 0 Å². The highest BCUT2D eigenvalue weighted by molar-refractivity contribution is 9.10. The molecule has 0 saturated heterocycles.